The van der Waals surface area contributed by atoms with E-state index in [4.69, 9.17) is 0 Å². The molecule has 2 unspecified atom stereocenters. The fourth-order valence-electron chi connectivity index (χ4n) is 3.00. The van der Waals surface area contributed by atoms with Crippen molar-refractivity contribution in [2.75, 3.05) is 11.9 Å². The van der Waals surface area contributed by atoms with Crippen LogP contribution in [0.15, 0.2) is 12.5 Å². The first-order valence-electron chi connectivity index (χ1n) is 7.72. The molecule has 25 heavy (non-hydrogen) atoms. The maximum atomic E-state index is 12.8. The lowest BCUT2D eigenvalue weighted by Gasteiger charge is -2.36. The summed E-state index contributed by atoms with van der Waals surface area (Å²) >= 11 is 0. The fourth-order valence-corrected chi connectivity index (χ4v) is 3.00. The van der Waals surface area contributed by atoms with Crippen LogP contribution < -0.4 is 5.32 Å². The Morgan fingerprint density at radius 2 is 2.16 bits per heavy atom. The van der Waals surface area contributed by atoms with Crippen LogP contribution in [0.5, 0.6) is 0 Å². The largest absolute Gasteiger partial charge is 0.454 e. The Balaban J connectivity index is 1.93. The number of hydrogen-bond acceptors (Lipinski definition) is 5. The van der Waals surface area contributed by atoms with Crippen LogP contribution in [0.1, 0.15) is 30.1 Å². The maximum Gasteiger partial charge on any atom is 0.454 e. The number of nitrogens with zero attached hydrogens (tertiary/aromatic N) is 3. The first kappa shape index (κ1) is 17.2. The summed E-state index contributed by atoms with van der Waals surface area (Å²) in [6.07, 6.45) is -0.567. The molecule has 0 aromatic carbocycles. The van der Waals surface area contributed by atoms with Gasteiger partial charge in [0.25, 0.3) is 5.78 Å². The van der Waals surface area contributed by atoms with Crippen molar-refractivity contribution in [2.45, 2.75) is 38.0 Å². The zero-order valence-corrected chi connectivity index (χ0v) is 13.3. The van der Waals surface area contributed by atoms with E-state index in [0.717, 1.165) is 25.4 Å². The van der Waals surface area contributed by atoms with Crippen LogP contribution in [0.3, 0.4) is 0 Å². The van der Waals surface area contributed by atoms with Crippen LogP contribution in [-0.4, -0.2) is 56.8 Å². The number of anilines is 1. The average Bonchev–Trinajstić information content (AvgIpc) is 3.00. The number of carbonyl (C=O) groups excluding carboxylic acids is 2. The number of nitrogens with one attached hydrogen (secondary N) is 2. The van der Waals surface area contributed by atoms with Gasteiger partial charge in [-0.2, -0.15) is 13.2 Å². The molecule has 1 aliphatic rings. The lowest BCUT2D eigenvalue weighted by atomic mass is 10.00. The number of Topliss-reactive ketones (excluding diaryl/α,β-unsaturated/α-hetero) is 1. The molecule has 2 aromatic rings. The van der Waals surface area contributed by atoms with Gasteiger partial charge in [-0.1, -0.05) is 0 Å². The summed E-state index contributed by atoms with van der Waals surface area (Å²) in [7, 11) is 0. The van der Waals surface area contributed by atoms with Crippen molar-refractivity contribution in [3.63, 3.8) is 0 Å². The van der Waals surface area contributed by atoms with E-state index in [2.05, 4.69) is 20.3 Å². The average molecular weight is 355 g/mol. The molecule has 134 valence electrons. The number of amides is 1. The number of fused-ring (bicyclic) bond motifs is 1. The molecule has 1 saturated heterocycles. The van der Waals surface area contributed by atoms with Crippen LogP contribution in [0, 0.1) is 0 Å². The number of hydrogen-bond donors (Lipinski definition) is 2. The molecule has 3 rings (SSSR count). The van der Waals surface area contributed by atoms with E-state index in [1.54, 1.807) is 4.90 Å². The summed E-state index contributed by atoms with van der Waals surface area (Å²) in [4.78, 5) is 34.8. The van der Waals surface area contributed by atoms with Gasteiger partial charge in [-0.15, -0.1) is 0 Å². The van der Waals surface area contributed by atoms with Crippen LogP contribution in [0.2, 0.25) is 0 Å². The summed E-state index contributed by atoms with van der Waals surface area (Å²) in [6.45, 7) is 2.34. The minimum atomic E-state index is -4.99. The van der Waals surface area contributed by atoms with Gasteiger partial charge in [-0.05, 0) is 19.8 Å². The predicted octanol–water partition coefficient (Wildman–Crippen LogP) is 2.12. The van der Waals surface area contributed by atoms with Gasteiger partial charge in [-0.25, -0.2) is 9.97 Å². The topological polar surface area (TPSA) is 91.0 Å². The van der Waals surface area contributed by atoms with E-state index in [1.165, 1.54) is 6.33 Å². The lowest BCUT2D eigenvalue weighted by molar-refractivity contribution is -0.121. The Morgan fingerprint density at radius 3 is 2.84 bits per heavy atom. The van der Waals surface area contributed by atoms with Gasteiger partial charge in [0.1, 0.15) is 17.8 Å². The van der Waals surface area contributed by atoms with Crippen LogP contribution in [-0.2, 0) is 4.79 Å². The lowest BCUT2D eigenvalue weighted by Crippen LogP contribution is -2.46. The van der Waals surface area contributed by atoms with E-state index in [9.17, 15) is 22.8 Å². The Hall–Kier alpha value is -2.65. The van der Waals surface area contributed by atoms with Crippen LogP contribution >= 0.6 is 0 Å². The minimum Gasteiger partial charge on any atom is -0.365 e. The van der Waals surface area contributed by atoms with Crippen molar-refractivity contribution in [3.05, 3.63) is 18.1 Å². The highest BCUT2D eigenvalue weighted by atomic mass is 19.4. The zero-order valence-electron chi connectivity index (χ0n) is 13.3. The highest BCUT2D eigenvalue weighted by Gasteiger charge is 2.41. The Bertz CT molecular complexity index is 804. The van der Waals surface area contributed by atoms with Crippen molar-refractivity contribution >= 4 is 29.0 Å². The van der Waals surface area contributed by atoms with Gasteiger partial charge >= 0.3 is 6.18 Å². The third kappa shape index (κ3) is 3.28. The summed E-state index contributed by atoms with van der Waals surface area (Å²) < 4.78 is 38.4. The second-order valence-electron chi connectivity index (χ2n) is 6.04. The molecule has 0 saturated carbocycles. The van der Waals surface area contributed by atoms with Gasteiger partial charge in [0.15, 0.2) is 0 Å². The maximum absolute atomic E-state index is 12.8. The van der Waals surface area contributed by atoms with Gasteiger partial charge in [0.05, 0.1) is 10.9 Å². The number of alkyl halides is 3. The summed E-state index contributed by atoms with van der Waals surface area (Å²) in [5.74, 6) is -1.81. The molecule has 7 nitrogen and oxygen atoms in total. The molecule has 0 spiro atoms. The quantitative estimate of drug-likeness (QED) is 0.648. The van der Waals surface area contributed by atoms with Crippen molar-refractivity contribution < 1.29 is 22.8 Å². The summed E-state index contributed by atoms with van der Waals surface area (Å²) in [6, 6.07) is -0.0705. The van der Waals surface area contributed by atoms with E-state index in [-0.39, 0.29) is 28.9 Å². The number of likely N-dealkylation sites (tertiary alicyclic amines) is 1. The third-order valence-corrected chi connectivity index (χ3v) is 4.38. The Morgan fingerprint density at radius 1 is 1.40 bits per heavy atom. The van der Waals surface area contributed by atoms with Crippen molar-refractivity contribution in [3.8, 4) is 0 Å². The van der Waals surface area contributed by atoms with Gasteiger partial charge in [0, 0.05) is 24.8 Å². The highest BCUT2D eigenvalue weighted by molar-refractivity contribution is 6.12. The molecule has 0 aliphatic carbocycles. The summed E-state index contributed by atoms with van der Waals surface area (Å²) in [5, 5.41) is 3.05. The molecule has 2 atom stereocenters. The molecular formula is C15H16F3N5O2. The van der Waals surface area contributed by atoms with Gasteiger partial charge in [-0.3, -0.25) is 9.59 Å². The number of piperidine rings is 1. The number of rotatable bonds is 4. The molecule has 2 N–H and O–H groups in total. The van der Waals surface area contributed by atoms with Gasteiger partial charge in [0.2, 0.25) is 6.41 Å². The molecule has 1 fully saturated rings. The zero-order chi connectivity index (χ0) is 18.2. The number of aromatic amines is 1. The number of H-pyrrole nitrogens is 1. The third-order valence-electron chi connectivity index (χ3n) is 4.38. The van der Waals surface area contributed by atoms with Crippen molar-refractivity contribution in [1.29, 1.82) is 0 Å². The van der Waals surface area contributed by atoms with Crippen molar-refractivity contribution in [2.24, 2.45) is 0 Å². The fraction of sp³-hybridized carbons (Fsp3) is 0.467. The molecular weight excluding hydrogens is 339 g/mol. The van der Waals surface area contributed by atoms with E-state index >= 15 is 0 Å². The smallest absolute Gasteiger partial charge is 0.365 e. The molecule has 10 heteroatoms. The van der Waals surface area contributed by atoms with Gasteiger partial charge < -0.3 is 15.2 Å². The second-order valence-corrected chi connectivity index (χ2v) is 6.04. The van der Waals surface area contributed by atoms with Crippen LogP contribution in [0.25, 0.3) is 11.0 Å². The first-order valence-corrected chi connectivity index (χ1v) is 7.72. The van der Waals surface area contributed by atoms with E-state index in [0.29, 0.717) is 6.54 Å². The van der Waals surface area contributed by atoms with Crippen LogP contribution in [0.4, 0.5) is 19.0 Å². The number of halogens is 3. The molecule has 0 bridgehead atoms. The Kier molecular flexibility index (Phi) is 4.36. The minimum absolute atomic E-state index is 0.00102. The molecule has 0 radical (unpaired) electrons. The van der Waals surface area contributed by atoms with E-state index < -0.39 is 17.5 Å². The number of carbonyl (C=O) groups is 2. The SMILES string of the molecule is CC1CCC(Nc2ncnc3[nH]cc(C(=O)C(F)(F)F)c23)CN1C=O. The number of aromatic nitrogens is 3. The molecule has 1 aliphatic heterocycles. The first-order chi connectivity index (χ1) is 11.8. The monoisotopic (exact) mass is 355 g/mol. The van der Waals surface area contributed by atoms with E-state index in [1.807, 2.05) is 6.92 Å². The molecule has 2 aromatic heterocycles. The number of ketones is 1. The Labute approximate surface area is 140 Å². The molecule has 1 amide bonds. The van der Waals surface area contributed by atoms with Crippen molar-refractivity contribution in [1.82, 2.24) is 19.9 Å². The normalized spacial score (nSPS) is 21.4. The standard InChI is InChI=1S/C15H16F3N5O2/c1-8-2-3-9(5-23(8)7-24)22-14-11-10(12(25)15(16,17)18)4-19-13(11)20-6-21-14/h4,6-9H,2-3,5H2,1H3,(H2,19,20,21,22). The predicted molar refractivity (Wildman–Crippen MR) is 83.2 cm³/mol. The highest BCUT2D eigenvalue weighted by Crippen LogP contribution is 2.30. The molecule has 3 heterocycles. The second kappa shape index (κ2) is 6.34. The summed E-state index contributed by atoms with van der Waals surface area (Å²) in [5.41, 5.74) is -0.386.